The summed E-state index contributed by atoms with van der Waals surface area (Å²) < 4.78 is 13.4. The highest BCUT2D eigenvalue weighted by Gasteiger charge is 2.06. The van der Waals surface area contributed by atoms with E-state index >= 15 is 0 Å². The molecule has 0 radical (unpaired) electrons. The van der Waals surface area contributed by atoms with Gasteiger partial charge in [0.1, 0.15) is 5.82 Å². The number of hydrogen-bond donors (Lipinski definition) is 1. The highest BCUT2D eigenvalue weighted by molar-refractivity contribution is 6.18. The van der Waals surface area contributed by atoms with Crippen molar-refractivity contribution in [3.63, 3.8) is 0 Å². The smallest absolute Gasteiger partial charge is 0.307 e. The zero-order valence-electron chi connectivity index (χ0n) is 8.46. The predicted octanol–water partition coefficient (Wildman–Crippen LogP) is 2.43. The van der Waals surface area contributed by atoms with Gasteiger partial charge in [-0.3, -0.25) is 4.79 Å². The molecular formula is C12H10ClFO2. The zero-order chi connectivity index (χ0) is 12.0. The maximum atomic E-state index is 13.4. The summed E-state index contributed by atoms with van der Waals surface area (Å²) in [5.74, 6) is 4.36. The van der Waals surface area contributed by atoms with E-state index in [1.54, 1.807) is 6.07 Å². The van der Waals surface area contributed by atoms with Crippen molar-refractivity contribution >= 4 is 17.6 Å². The van der Waals surface area contributed by atoms with Crippen molar-refractivity contribution in [2.75, 3.05) is 5.88 Å². The molecule has 0 aromatic heterocycles. The third-order valence-electron chi connectivity index (χ3n) is 1.85. The minimum absolute atomic E-state index is 0.162. The van der Waals surface area contributed by atoms with Gasteiger partial charge in [-0.25, -0.2) is 4.39 Å². The van der Waals surface area contributed by atoms with Gasteiger partial charge >= 0.3 is 5.97 Å². The minimum atomic E-state index is -1.06. The van der Waals surface area contributed by atoms with Crippen LogP contribution in [0.5, 0.6) is 0 Å². The molecule has 0 fully saturated rings. The first-order valence-electron chi connectivity index (χ1n) is 4.68. The zero-order valence-corrected chi connectivity index (χ0v) is 9.22. The van der Waals surface area contributed by atoms with Crippen molar-refractivity contribution in [3.05, 3.63) is 35.1 Å². The molecule has 0 saturated carbocycles. The van der Waals surface area contributed by atoms with Gasteiger partial charge < -0.3 is 5.11 Å². The van der Waals surface area contributed by atoms with E-state index in [1.165, 1.54) is 12.1 Å². The Balaban J connectivity index is 2.83. The molecule has 1 aromatic carbocycles. The number of benzene rings is 1. The number of carbonyl (C=O) groups is 1. The molecule has 0 spiro atoms. The van der Waals surface area contributed by atoms with Crippen molar-refractivity contribution in [1.82, 2.24) is 0 Å². The molecule has 0 atom stereocenters. The van der Waals surface area contributed by atoms with Crippen LogP contribution < -0.4 is 0 Å². The van der Waals surface area contributed by atoms with Crippen molar-refractivity contribution < 1.29 is 14.3 Å². The largest absolute Gasteiger partial charge is 0.481 e. The van der Waals surface area contributed by atoms with Gasteiger partial charge in [-0.2, -0.15) is 0 Å². The Morgan fingerprint density at radius 2 is 2.25 bits per heavy atom. The van der Waals surface area contributed by atoms with Crippen molar-refractivity contribution in [2.24, 2.45) is 0 Å². The van der Waals surface area contributed by atoms with E-state index in [9.17, 15) is 9.18 Å². The molecule has 0 unspecified atom stereocenters. The summed E-state index contributed by atoms with van der Waals surface area (Å²) in [5, 5.41) is 8.52. The van der Waals surface area contributed by atoms with Crippen LogP contribution >= 0.6 is 11.6 Å². The van der Waals surface area contributed by atoms with Gasteiger partial charge in [-0.1, -0.05) is 17.9 Å². The van der Waals surface area contributed by atoms with Crippen LogP contribution in [0.4, 0.5) is 4.39 Å². The van der Waals surface area contributed by atoms with Gasteiger partial charge in [0.25, 0.3) is 0 Å². The Morgan fingerprint density at radius 1 is 1.50 bits per heavy atom. The molecular weight excluding hydrogens is 231 g/mol. The second-order valence-electron chi connectivity index (χ2n) is 3.12. The molecule has 0 saturated heterocycles. The summed E-state index contributed by atoms with van der Waals surface area (Å²) in [6.07, 6.45) is 0.223. The van der Waals surface area contributed by atoms with Gasteiger partial charge in [0, 0.05) is 17.9 Å². The van der Waals surface area contributed by atoms with Gasteiger partial charge in [-0.05, 0) is 17.7 Å². The maximum absolute atomic E-state index is 13.4. The van der Waals surface area contributed by atoms with Gasteiger partial charge in [0.2, 0.25) is 0 Å². The second kappa shape index (κ2) is 6.14. The van der Waals surface area contributed by atoms with Crippen molar-refractivity contribution in [1.29, 1.82) is 0 Å². The lowest BCUT2D eigenvalue weighted by Crippen LogP contribution is -2.02. The lowest BCUT2D eigenvalue weighted by atomic mass is 10.1. The average Bonchev–Trinajstić information content (AvgIpc) is 2.22. The van der Waals surface area contributed by atoms with E-state index in [4.69, 9.17) is 16.7 Å². The number of rotatable bonds is 3. The lowest BCUT2D eigenvalue weighted by Gasteiger charge is -1.99. The summed E-state index contributed by atoms with van der Waals surface area (Å²) in [6, 6.07) is 4.27. The monoisotopic (exact) mass is 240 g/mol. The van der Waals surface area contributed by atoms with Gasteiger partial charge in [0.05, 0.1) is 6.42 Å². The normalized spacial score (nSPS) is 9.38. The van der Waals surface area contributed by atoms with Gasteiger partial charge in [-0.15, -0.1) is 11.6 Å². The Labute approximate surface area is 98.0 Å². The number of aliphatic carboxylic acids is 1. The van der Waals surface area contributed by atoms with Crippen molar-refractivity contribution in [3.8, 4) is 11.8 Å². The van der Waals surface area contributed by atoms with E-state index in [-0.39, 0.29) is 12.0 Å². The van der Waals surface area contributed by atoms with E-state index in [0.717, 1.165) is 0 Å². The molecule has 0 bridgehead atoms. The third-order valence-corrected chi connectivity index (χ3v) is 2.04. The van der Waals surface area contributed by atoms with E-state index in [2.05, 4.69) is 11.8 Å². The Hall–Kier alpha value is -1.53. The van der Waals surface area contributed by atoms with Crippen LogP contribution in [0, 0.1) is 17.7 Å². The molecule has 0 heterocycles. The summed E-state index contributed by atoms with van der Waals surface area (Å²) in [6.45, 7) is 0. The molecule has 0 aliphatic carbocycles. The molecule has 0 amide bonds. The summed E-state index contributed by atoms with van der Waals surface area (Å²) >= 11 is 5.44. The minimum Gasteiger partial charge on any atom is -0.481 e. The molecule has 2 nitrogen and oxygen atoms in total. The molecule has 16 heavy (non-hydrogen) atoms. The SMILES string of the molecule is O=C(O)Cc1ccc(C#CCCCl)cc1F. The maximum Gasteiger partial charge on any atom is 0.307 e. The molecule has 4 heteroatoms. The van der Waals surface area contributed by atoms with Crippen LogP contribution in [0.2, 0.25) is 0 Å². The number of carboxylic acid groups (broad SMARTS) is 1. The fourth-order valence-corrected chi connectivity index (χ4v) is 1.24. The van der Waals surface area contributed by atoms with Crippen LogP contribution in [0.1, 0.15) is 17.5 Å². The highest BCUT2D eigenvalue weighted by atomic mass is 35.5. The number of alkyl halides is 1. The first-order chi connectivity index (χ1) is 7.63. The fourth-order valence-electron chi connectivity index (χ4n) is 1.14. The summed E-state index contributed by atoms with van der Waals surface area (Å²) in [7, 11) is 0. The first kappa shape index (κ1) is 12.5. The summed E-state index contributed by atoms with van der Waals surface area (Å²) in [4.78, 5) is 10.4. The van der Waals surface area contributed by atoms with E-state index in [1.807, 2.05) is 0 Å². The van der Waals surface area contributed by atoms with E-state index < -0.39 is 11.8 Å². The number of hydrogen-bond acceptors (Lipinski definition) is 1. The van der Waals surface area contributed by atoms with Gasteiger partial charge in [0.15, 0.2) is 0 Å². The van der Waals surface area contributed by atoms with Crippen molar-refractivity contribution in [2.45, 2.75) is 12.8 Å². The topological polar surface area (TPSA) is 37.3 Å². The van der Waals surface area contributed by atoms with Crippen LogP contribution in [0.15, 0.2) is 18.2 Å². The van der Waals surface area contributed by atoms with Crippen LogP contribution in [-0.4, -0.2) is 17.0 Å². The Bertz CT molecular complexity index is 446. The number of carboxylic acids is 1. The predicted molar refractivity (Wildman–Crippen MR) is 60.0 cm³/mol. The molecule has 0 aliphatic rings. The molecule has 1 N–H and O–H groups in total. The van der Waals surface area contributed by atoms with Crippen LogP contribution in [-0.2, 0) is 11.2 Å². The first-order valence-corrected chi connectivity index (χ1v) is 5.22. The Morgan fingerprint density at radius 3 is 2.81 bits per heavy atom. The standard InChI is InChI=1S/C12H10ClFO2/c13-6-2-1-3-9-4-5-10(8-12(15)16)11(14)7-9/h4-5,7H,2,6,8H2,(H,15,16). The quantitative estimate of drug-likeness (QED) is 0.651. The van der Waals surface area contributed by atoms with Crippen LogP contribution in [0.3, 0.4) is 0 Å². The molecule has 1 aromatic rings. The third kappa shape index (κ3) is 3.92. The lowest BCUT2D eigenvalue weighted by molar-refractivity contribution is -0.136. The average molecular weight is 241 g/mol. The number of halogens is 2. The Kier molecular flexibility index (Phi) is 4.81. The molecule has 0 aliphatic heterocycles. The molecule has 84 valence electrons. The fraction of sp³-hybridized carbons (Fsp3) is 0.250. The van der Waals surface area contributed by atoms with Crippen LogP contribution in [0.25, 0.3) is 0 Å². The van der Waals surface area contributed by atoms with E-state index in [0.29, 0.717) is 17.9 Å². The molecule has 1 rings (SSSR count). The summed E-state index contributed by atoms with van der Waals surface area (Å²) in [5.41, 5.74) is 0.687. The second-order valence-corrected chi connectivity index (χ2v) is 3.50. The highest BCUT2D eigenvalue weighted by Crippen LogP contribution is 2.10.